The molecule has 0 saturated carbocycles. The number of nitrogen functional groups attached to an aromatic ring is 1. The zero-order valence-corrected chi connectivity index (χ0v) is 26.9. The number of aliphatic hydroxyl groups is 1. The van der Waals surface area contributed by atoms with E-state index >= 15 is 0 Å². The lowest BCUT2D eigenvalue weighted by molar-refractivity contribution is -0.151. The Labute approximate surface area is 265 Å². The van der Waals surface area contributed by atoms with E-state index in [9.17, 15) is 23.1 Å². The van der Waals surface area contributed by atoms with Crippen LogP contribution in [0.3, 0.4) is 0 Å². The van der Waals surface area contributed by atoms with Crippen molar-refractivity contribution in [2.24, 2.45) is 5.41 Å². The Bertz CT molecular complexity index is 1320. The van der Waals surface area contributed by atoms with Gasteiger partial charge in [-0.3, -0.25) is 0 Å². The Morgan fingerprint density at radius 1 is 1.09 bits per heavy atom. The summed E-state index contributed by atoms with van der Waals surface area (Å²) in [5.41, 5.74) is 6.50. The molecule has 1 fully saturated rings. The lowest BCUT2D eigenvalue weighted by Crippen LogP contribution is -2.52. The predicted octanol–water partition coefficient (Wildman–Crippen LogP) is 3.14. The number of rotatable bonds is 16. The Morgan fingerprint density at radius 3 is 2.36 bits per heavy atom. The number of ether oxygens (including phenoxy) is 3. The summed E-state index contributed by atoms with van der Waals surface area (Å²) in [5.74, 6) is 0. The number of sulfonamides is 1. The fourth-order valence-corrected chi connectivity index (χ4v) is 6.65. The lowest BCUT2D eigenvalue weighted by atomic mass is 9.87. The van der Waals surface area contributed by atoms with Crippen molar-refractivity contribution in [2.45, 2.75) is 62.7 Å². The van der Waals surface area contributed by atoms with Crippen molar-refractivity contribution in [1.29, 1.82) is 0 Å². The van der Waals surface area contributed by atoms with Gasteiger partial charge in [0.25, 0.3) is 0 Å². The number of aliphatic hydroxyl groups excluding tert-OH is 1. The van der Waals surface area contributed by atoms with E-state index in [0.717, 1.165) is 5.56 Å². The van der Waals surface area contributed by atoms with Gasteiger partial charge in [0.05, 0.1) is 30.3 Å². The van der Waals surface area contributed by atoms with Gasteiger partial charge in [0.1, 0.15) is 6.79 Å². The van der Waals surface area contributed by atoms with E-state index in [1.165, 1.54) is 40.5 Å². The number of nitrogens with zero attached hydrogens (tertiary/aromatic N) is 2. The Hall–Kier alpha value is -3.43. The van der Waals surface area contributed by atoms with Crippen molar-refractivity contribution in [3.8, 4) is 0 Å². The fraction of sp³-hybridized carbons (Fsp3) is 0.548. The SMILES string of the molecule is CN(CCCCC(C)(C)CN(C[C@@H](O)[C@H](Cc1ccccc1)NC(=O)OC1COCOC1)S(=O)(=O)c1ccc(N)cc1)C(=O)O. The first-order valence-corrected chi connectivity index (χ1v) is 16.4. The highest BCUT2D eigenvalue weighted by molar-refractivity contribution is 7.89. The first-order chi connectivity index (χ1) is 21.3. The second-order valence-electron chi connectivity index (χ2n) is 12.1. The third-order valence-electron chi connectivity index (χ3n) is 7.55. The van der Waals surface area contributed by atoms with Crippen LogP contribution in [0.2, 0.25) is 0 Å². The number of carbonyl (C=O) groups excluding carboxylic acids is 1. The van der Waals surface area contributed by atoms with Crippen LogP contribution in [0.1, 0.15) is 38.7 Å². The molecule has 1 heterocycles. The Morgan fingerprint density at radius 2 is 1.73 bits per heavy atom. The fourth-order valence-electron chi connectivity index (χ4n) is 5.00. The molecule has 3 rings (SSSR count). The standard InChI is InChI=1S/C31H46N4O9S/c1-31(2,15-7-8-16-34(3)30(38)39)21-35(45(40,41)26-13-11-24(32)12-14-26)18-28(36)27(17-23-9-5-4-6-10-23)33-29(37)44-25-19-42-22-43-20-25/h4-6,9-14,25,27-28,36H,7-8,15-22,32H2,1-3H3,(H,33,37)(H,38,39)/t27-,28+/m0/s1. The van der Waals surface area contributed by atoms with Crippen LogP contribution in [-0.2, 0) is 30.7 Å². The molecule has 2 amide bonds. The van der Waals surface area contributed by atoms with E-state index in [1.807, 2.05) is 44.2 Å². The minimum Gasteiger partial charge on any atom is -0.465 e. The van der Waals surface area contributed by atoms with Gasteiger partial charge in [0.2, 0.25) is 10.0 Å². The quantitative estimate of drug-likeness (QED) is 0.156. The van der Waals surface area contributed by atoms with Gasteiger partial charge < -0.3 is 40.4 Å². The number of anilines is 1. The first-order valence-electron chi connectivity index (χ1n) is 14.9. The molecule has 2 aromatic rings. The van der Waals surface area contributed by atoms with E-state index in [1.54, 1.807) is 0 Å². The molecule has 1 aliphatic heterocycles. The zero-order valence-electron chi connectivity index (χ0n) is 26.1. The molecule has 1 saturated heterocycles. The van der Waals surface area contributed by atoms with Crippen molar-refractivity contribution in [3.05, 3.63) is 60.2 Å². The van der Waals surface area contributed by atoms with E-state index in [4.69, 9.17) is 25.1 Å². The number of amides is 2. The molecule has 250 valence electrons. The normalized spacial score (nSPS) is 15.8. The highest BCUT2D eigenvalue weighted by atomic mass is 32.2. The largest absolute Gasteiger partial charge is 0.465 e. The lowest BCUT2D eigenvalue weighted by Gasteiger charge is -2.35. The van der Waals surface area contributed by atoms with Gasteiger partial charge in [-0.25, -0.2) is 18.0 Å². The number of carboxylic acid groups (broad SMARTS) is 1. The van der Waals surface area contributed by atoms with Gasteiger partial charge in [-0.2, -0.15) is 4.31 Å². The smallest absolute Gasteiger partial charge is 0.407 e. The average molecular weight is 651 g/mol. The maximum absolute atomic E-state index is 14.0. The molecule has 0 radical (unpaired) electrons. The first kappa shape index (κ1) is 36.0. The third-order valence-corrected chi connectivity index (χ3v) is 9.38. The molecule has 14 heteroatoms. The van der Waals surface area contributed by atoms with Crippen LogP contribution >= 0.6 is 0 Å². The van der Waals surface area contributed by atoms with Crippen molar-refractivity contribution >= 4 is 27.9 Å². The van der Waals surface area contributed by atoms with Crippen LogP contribution in [0, 0.1) is 5.41 Å². The minimum absolute atomic E-state index is 0.0204. The van der Waals surface area contributed by atoms with Crippen LogP contribution in [0.5, 0.6) is 0 Å². The topological polar surface area (TPSA) is 181 Å². The molecule has 0 bridgehead atoms. The monoisotopic (exact) mass is 650 g/mol. The number of nitrogens with two attached hydrogens (primary N) is 1. The van der Waals surface area contributed by atoms with Crippen LogP contribution in [0.15, 0.2) is 59.5 Å². The number of unbranched alkanes of at least 4 members (excludes halogenated alkanes) is 1. The molecule has 13 nitrogen and oxygen atoms in total. The minimum atomic E-state index is -4.10. The number of nitrogens with one attached hydrogen (secondary N) is 1. The van der Waals surface area contributed by atoms with Gasteiger partial charge in [0.15, 0.2) is 6.10 Å². The van der Waals surface area contributed by atoms with Gasteiger partial charge in [-0.15, -0.1) is 0 Å². The number of hydrogen-bond donors (Lipinski definition) is 4. The summed E-state index contributed by atoms with van der Waals surface area (Å²) in [6, 6.07) is 14.2. The zero-order chi connectivity index (χ0) is 33.0. The van der Waals surface area contributed by atoms with E-state index in [2.05, 4.69) is 5.32 Å². The number of hydrogen-bond acceptors (Lipinski definition) is 9. The Kier molecular flexibility index (Phi) is 13.4. The summed E-state index contributed by atoms with van der Waals surface area (Å²) in [4.78, 5) is 25.2. The van der Waals surface area contributed by atoms with Crippen LogP contribution in [-0.4, -0.2) is 105 Å². The van der Waals surface area contributed by atoms with E-state index < -0.39 is 45.9 Å². The maximum Gasteiger partial charge on any atom is 0.407 e. The van der Waals surface area contributed by atoms with Gasteiger partial charge >= 0.3 is 12.2 Å². The highest BCUT2D eigenvalue weighted by Crippen LogP contribution is 2.29. The van der Waals surface area contributed by atoms with Crippen molar-refractivity contribution in [3.63, 3.8) is 0 Å². The van der Waals surface area contributed by atoms with Crippen molar-refractivity contribution < 1.29 is 42.4 Å². The van der Waals surface area contributed by atoms with Crippen molar-refractivity contribution in [1.82, 2.24) is 14.5 Å². The summed E-state index contributed by atoms with van der Waals surface area (Å²) in [6.45, 7) is 4.43. The molecule has 0 spiro atoms. The van der Waals surface area contributed by atoms with Gasteiger partial charge in [-0.05, 0) is 54.5 Å². The molecule has 5 N–H and O–H groups in total. The predicted molar refractivity (Wildman–Crippen MR) is 168 cm³/mol. The number of carbonyl (C=O) groups is 2. The van der Waals surface area contributed by atoms with E-state index in [0.29, 0.717) is 31.5 Å². The van der Waals surface area contributed by atoms with E-state index in [-0.39, 0.29) is 44.4 Å². The molecule has 0 unspecified atom stereocenters. The number of alkyl carbamates (subject to hydrolysis) is 1. The molecule has 0 aliphatic carbocycles. The molecule has 1 aliphatic rings. The third kappa shape index (κ3) is 11.8. The Balaban J connectivity index is 1.82. The summed E-state index contributed by atoms with van der Waals surface area (Å²) < 4.78 is 45.0. The summed E-state index contributed by atoms with van der Waals surface area (Å²) in [5, 5.41) is 23.4. The molecular weight excluding hydrogens is 604 g/mol. The van der Waals surface area contributed by atoms with Crippen LogP contribution in [0.25, 0.3) is 0 Å². The molecule has 2 atom stereocenters. The van der Waals surface area contributed by atoms with Gasteiger partial charge in [-0.1, -0.05) is 50.6 Å². The van der Waals surface area contributed by atoms with Crippen molar-refractivity contribution in [2.75, 3.05) is 52.4 Å². The number of benzene rings is 2. The summed E-state index contributed by atoms with van der Waals surface area (Å²) >= 11 is 0. The summed E-state index contributed by atoms with van der Waals surface area (Å²) in [7, 11) is -2.60. The highest BCUT2D eigenvalue weighted by Gasteiger charge is 2.35. The average Bonchev–Trinajstić information content (AvgIpc) is 2.99. The second kappa shape index (κ2) is 16.8. The molecular formula is C31H46N4O9S. The maximum atomic E-state index is 14.0. The van der Waals surface area contributed by atoms with Gasteiger partial charge in [0, 0.05) is 32.4 Å². The summed E-state index contributed by atoms with van der Waals surface area (Å²) in [6.07, 6.45) is -1.63. The second-order valence-corrected chi connectivity index (χ2v) is 14.0. The molecule has 0 aromatic heterocycles. The molecule has 45 heavy (non-hydrogen) atoms. The van der Waals surface area contributed by atoms with Crippen LogP contribution < -0.4 is 11.1 Å². The molecule has 2 aromatic carbocycles. The van der Waals surface area contributed by atoms with Crippen LogP contribution in [0.4, 0.5) is 15.3 Å².